The number of amides is 1. The number of nitrogens with zero attached hydrogens (tertiary/aromatic N) is 2. The van der Waals surface area contributed by atoms with Crippen molar-refractivity contribution in [2.45, 2.75) is 44.4 Å². The minimum atomic E-state index is -4.53. The second-order valence-corrected chi connectivity index (χ2v) is 6.75. The van der Waals surface area contributed by atoms with Crippen LogP contribution in [0.1, 0.15) is 40.9 Å². The Morgan fingerprint density at radius 2 is 1.93 bits per heavy atom. The fraction of sp³-hybridized carbons (Fsp3) is 0.421. The average Bonchev–Trinajstić information content (AvgIpc) is 3.08. The fourth-order valence-electron chi connectivity index (χ4n) is 3.29. The van der Waals surface area contributed by atoms with Crippen molar-refractivity contribution in [3.8, 4) is 5.75 Å². The molecule has 1 saturated carbocycles. The summed E-state index contributed by atoms with van der Waals surface area (Å²) in [4.78, 5) is 19.9. The number of ether oxygens (including phenoxy) is 1. The van der Waals surface area contributed by atoms with Gasteiger partial charge in [-0.15, -0.1) is 0 Å². The number of aromatic nitrogens is 2. The van der Waals surface area contributed by atoms with Crippen LogP contribution in [0.15, 0.2) is 30.6 Å². The first kappa shape index (κ1) is 19.9. The summed E-state index contributed by atoms with van der Waals surface area (Å²) >= 11 is 0. The van der Waals surface area contributed by atoms with Gasteiger partial charge in [0, 0.05) is 12.1 Å². The average molecular weight is 394 g/mol. The van der Waals surface area contributed by atoms with Crippen molar-refractivity contribution in [3.63, 3.8) is 0 Å². The Balaban J connectivity index is 1.68. The summed E-state index contributed by atoms with van der Waals surface area (Å²) in [5.74, 6) is 0.476. The van der Waals surface area contributed by atoms with E-state index >= 15 is 0 Å². The lowest BCUT2D eigenvalue weighted by atomic mass is 10.1. The SMILES string of the molecule is COc1ccc(C)cc1C(=O)N[C@H]1CCCC1Nc1cnc(C(F)(F)F)cn1. The molecule has 1 aliphatic carbocycles. The molecule has 9 heteroatoms. The van der Waals surface area contributed by atoms with Crippen LogP contribution in [0.4, 0.5) is 19.0 Å². The van der Waals surface area contributed by atoms with Crippen LogP contribution >= 0.6 is 0 Å². The monoisotopic (exact) mass is 394 g/mol. The van der Waals surface area contributed by atoms with Crippen LogP contribution in [0.2, 0.25) is 0 Å². The summed E-state index contributed by atoms with van der Waals surface area (Å²) in [6.45, 7) is 1.89. The van der Waals surface area contributed by atoms with Crippen LogP contribution in [0.3, 0.4) is 0 Å². The quantitative estimate of drug-likeness (QED) is 0.811. The van der Waals surface area contributed by atoms with Crippen molar-refractivity contribution in [2.24, 2.45) is 0 Å². The van der Waals surface area contributed by atoms with Gasteiger partial charge in [-0.05, 0) is 38.3 Å². The van der Waals surface area contributed by atoms with Crippen LogP contribution < -0.4 is 15.4 Å². The van der Waals surface area contributed by atoms with E-state index in [-0.39, 0.29) is 23.8 Å². The predicted octanol–water partition coefficient (Wildman–Crippen LogP) is 3.58. The van der Waals surface area contributed by atoms with E-state index in [1.165, 1.54) is 7.11 Å². The van der Waals surface area contributed by atoms with Gasteiger partial charge in [0.1, 0.15) is 11.6 Å². The molecule has 2 N–H and O–H groups in total. The highest BCUT2D eigenvalue weighted by atomic mass is 19.4. The minimum Gasteiger partial charge on any atom is -0.496 e. The molecular formula is C19H21F3N4O2. The molecule has 1 fully saturated rings. The second kappa shape index (κ2) is 8.04. The Kier molecular flexibility index (Phi) is 5.71. The lowest BCUT2D eigenvalue weighted by Crippen LogP contribution is -2.43. The Bertz CT molecular complexity index is 840. The summed E-state index contributed by atoms with van der Waals surface area (Å²) in [6.07, 6.45) is -0.375. The molecule has 28 heavy (non-hydrogen) atoms. The lowest BCUT2D eigenvalue weighted by molar-refractivity contribution is -0.141. The van der Waals surface area contributed by atoms with Gasteiger partial charge < -0.3 is 15.4 Å². The molecule has 0 radical (unpaired) electrons. The number of carbonyl (C=O) groups is 1. The Morgan fingerprint density at radius 1 is 1.18 bits per heavy atom. The molecule has 1 aliphatic rings. The predicted molar refractivity (Wildman–Crippen MR) is 97.3 cm³/mol. The van der Waals surface area contributed by atoms with Crippen molar-refractivity contribution in [2.75, 3.05) is 12.4 Å². The van der Waals surface area contributed by atoms with Gasteiger partial charge in [-0.1, -0.05) is 11.6 Å². The van der Waals surface area contributed by atoms with Crippen molar-refractivity contribution in [1.82, 2.24) is 15.3 Å². The maximum atomic E-state index is 12.7. The van der Waals surface area contributed by atoms with Gasteiger partial charge in [-0.25, -0.2) is 9.97 Å². The molecular weight excluding hydrogens is 373 g/mol. The van der Waals surface area contributed by atoms with Crippen molar-refractivity contribution in [1.29, 1.82) is 0 Å². The number of methoxy groups -OCH3 is 1. The molecule has 1 unspecified atom stereocenters. The van der Waals surface area contributed by atoms with E-state index in [0.29, 0.717) is 17.5 Å². The standard InChI is InChI=1S/C19H21F3N4O2/c1-11-6-7-15(28-2)12(8-11)18(27)26-14-5-3-4-13(14)25-17-10-23-16(9-24-17)19(20,21)22/h6-10,13-14H,3-5H2,1-2H3,(H,24,25)(H,26,27)/t13?,14-/m0/s1. The Morgan fingerprint density at radius 3 is 2.57 bits per heavy atom. The molecule has 1 aromatic carbocycles. The number of nitrogens with one attached hydrogen (secondary N) is 2. The zero-order valence-corrected chi connectivity index (χ0v) is 15.5. The second-order valence-electron chi connectivity index (χ2n) is 6.75. The van der Waals surface area contributed by atoms with Gasteiger partial charge >= 0.3 is 6.18 Å². The smallest absolute Gasteiger partial charge is 0.434 e. The van der Waals surface area contributed by atoms with Gasteiger partial charge in [0.25, 0.3) is 5.91 Å². The molecule has 0 bridgehead atoms. The Hall–Kier alpha value is -2.84. The first-order valence-electron chi connectivity index (χ1n) is 8.89. The number of carbonyl (C=O) groups excluding carboxylic acids is 1. The lowest BCUT2D eigenvalue weighted by Gasteiger charge is -2.23. The summed E-state index contributed by atoms with van der Waals surface area (Å²) < 4.78 is 43.1. The van der Waals surface area contributed by atoms with Gasteiger partial charge in [0.05, 0.1) is 25.1 Å². The zero-order chi connectivity index (χ0) is 20.3. The number of anilines is 1. The first-order chi connectivity index (χ1) is 13.3. The van der Waals surface area contributed by atoms with Crippen LogP contribution in [-0.2, 0) is 6.18 Å². The number of benzene rings is 1. The van der Waals surface area contributed by atoms with Crippen LogP contribution in [0.25, 0.3) is 0 Å². The molecule has 1 amide bonds. The molecule has 0 aliphatic heterocycles. The number of aryl methyl sites for hydroxylation is 1. The highest BCUT2D eigenvalue weighted by molar-refractivity contribution is 5.97. The topological polar surface area (TPSA) is 76.1 Å². The Labute approximate surface area is 160 Å². The summed E-state index contributed by atoms with van der Waals surface area (Å²) in [6, 6.07) is 5.03. The van der Waals surface area contributed by atoms with E-state index in [0.717, 1.165) is 31.0 Å². The van der Waals surface area contributed by atoms with Gasteiger partial charge in [0.2, 0.25) is 0 Å². The normalized spacial score (nSPS) is 19.3. The van der Waals surface area contributed by atoms with E-state index in [1.807, 2.05) is 13.0 Å². The summed E-state index contributed by atoms with van der Waals surface area (Å²) in [5.41, 5.74) is 0.343. The van der Waals surface area contributed by atoms with Crippen molar-refractivity contribution >= 4 is 11.7 Å². The molecule has 0 spiro atoms. The largest absolute Gasteiger partial charge is 0.496 e. The highest BCUT2D eigenvalue weighted by Crippen LogP contribution is 2.28. The van der Waals surface area contributed by atoms with Crippen molar-refractivity contribution in [3.05, 3.63) is 47.4 Å². The molecule has 6 nitrogen and oxygen atoms in total. The molecule has 0 saturated heterocycles. The molecule has 3 rings (SSSR count). The fourth-order valence-corrected chi connectivity index (χ4v) is 3.29. The molecule has 150 valence electrons. The summed E-state index contributed by atoms with van der Waals surface area (Å²) in [5, 5.41) is 6.07. The molecule has 1 heterocycles. The third kappa shape index (κ3) is 4.52. The van der Waals surface area contributed by atoms with Gasteiger partial charge in [0.15, 0.2) is 5.69 Å². The maximum Gasteiger partial charge on any atom is 0.434 e. The number of hydrogen-bond acceptors (Lipinski definition) is 5. The third-order valence-corrected chi connectivity index (χ3v) is 4.71. The van der Waals surface area contributed by atoms with E-state index < -0.39 is 11.9 Å². The number of hydrogen-bond donors (Lipinski definition) is 2. The van der Waals surface area contributed by atoms with Gasteiger partial charge in [-0.2, -0.15) is 13.2 Å². The van der Waals surface area contributed by atoms with Crippen LogP contribution in [0.5, 0.6) is 5.75 Å². The number of alkyl halides is 3. The van der Waals surface area contributed by atoms with Crippen LogP contribution in [-0.4, -0.2) is 35.1 Å². The molecule has 2 aromatic rings. The van der Waals surface area contributed by atoms with E-state index in [1.54, 1.807) is 12.1 Å². The third-order valence-electron chi connectivity index (χ3n) is 4.71. The van der Waals surface area contributed by atoms with E-state index in [2.05, 4.69) is 20.6 Å². The van der Waals surface area contributed by atoms with Gasteiger partial charge in [-0.3, -0.25) is 4.79 Å². The number of rotatable bonds is 5. The zero-order valence-electron chi connectivity index (χ0n) is 15.5. The van der Waals surface area contributed by atoms with Crippen molar-refractivity contribution < 1.29 is 22.7 Å². The minimum absolute atomic E-state index is 0.147. The highest BCUT2D eigenvalue weighted by Gasteiger charge is 2.33. The van der Waals surface area contributed by atoms with E-state index in [4.69, 9.17) is 4.74 Å². The first-order valence-corrected chi connectivity index (χ1v) is 8.89. The molecule has 2 atom stereocenters. The number of halogens is 3. The maximum absolute atomic E-state index is 12.7. The molecule has 1 aromatic heterocycles. The summed E-state index contributed by atoms with van der Waals surface area (Å²) in [7, 11) is 1.50. The van der Waals surface area contributed by atoms with E-state index in [9.17, 15) is 18.0 Å². The van der Waals surface area contributed by atoms with Crippen LogP contribution in [0, 0.1) is 6.92 Å².